The second-order valence-electron chi connectivity index (χ2n) is 5.85. The number of hydrogen-bond acceptors (Lipinski definition) is 4. The minimum Gasteiger partial charge on any atom is -0.507 e. The van der Waals surface area contributed by atoms with E-state index in [1.54, 1.807) is 6.92 Å². The highest BCUT2D eigenvalue weighted by Gasteiger charge is 2.36. The van der Waals surface area contributed by atoms with Crippen LogP contribution < -0.4 is 11.2 Å². The molecule has 1 aliphatic carbocycles. The van der Waals surface area contributed by atoms with Crippen molar-refractivity contribution < 1.29 is 14.3 Å². The highest BCUT2D eigenvalue weighted by Crippen LogP contribution is 2.43. The molecule has 0 aliphatic heterocycles. The van der Waals surface area contributed by atoms with Crippen LogP contribution in [0.15, 0.2) is 33.5 Å². The SMILES string of the molecule is CC1/C(=C/c2cn(C)c(=O)n(C)c2=O)C(=O)c2c(O)ccc(F)c21. The monoisotopic (exact) mass is 330 g/mol. The standard InChI is InChI=1S/C17H15FN2O4/c1-8-10(6-9-7-19(2)17(24)20(3)16(9)23)15(22)14-12(21)5-4-11(18)13(8)14/h4-8,21H,1-3H3/b10-6-. The van der Waals surface area contributed by atoms with Crippen LogP contribution in [0, 0.1) is 5.82 Å². The van der Waals surface area contributed by atoms with Crippen molar-refractivity contribution in [3.63, 3.8) is 0 Å². The number of fused-ring (bicyclic) bond motifs is 1. The number of Topliss-reactive ketones (excluding diaryl/α,β-unsaturated/α-hetero) is 1. The number of phenolic OH excluding ortho intramolecular Hbond substituents is 1. The van der Waals surface area contributed by atoms with Gasteiger partial charge in [-0.25, -0.2) is 9.18 Å². The van der Waals surface area contributed by atoms with Crippen molar-refractivity contribution in [3.8, 4) is 5.75 Å². The molecule has 7 heteroatoms. The number of allylic oxidation sites excluding steroid dienone is 1. The molecule has 1 heterocycles. The summed E-state index contributed by atoms with van der Waals surface area (Å²) in [6, 6.07) is 2.24. The van der Waals surface area contributed by atoms with Crippen LogP contribution in [-0.2, 0) is 14.1 Å². The molecule has 0 saturated heterocycles. The van der Waals surface area contributed by atoms with Crippen LogP contribution in [0.3, 0.4) is 0 Å². The molecular formula is C17H15FN2O4. The molecule has 1 N–H and O–H groups in total. The minimum absolute atomic E-state index is 0.0737. The zero-order valence-corrected chi connectivity index (χ0v) is 13.3. The average molecular weight is 330 g/mol. The fraction of sp³-hybridized carbons (Fsp3) is 0.235. The Bertz CT molecular complexity index is 1030. The van der Waals surface area contributed by atoms with Gasteiger partial charge >= 0.3 is 5.69 Å². The summed E-state index contributed by atoms with van der Waals surface area (Å²) < 4.78 is 16.2. The first-order chi connectivity index (χ1) is 11.2. The first kappa shape index (κ1) is 15.9. The van der Waals surface area contributed by atoms with Crippen molar-refractivity contribution in [2.45, 2.75) is 12.8 Å². The van der Waals surface area contributed by atoms with Crippen molar-refractivity contribution in [1.29, 1.82) is 0 Å². The smallest absolute Gasteiger partial charge is 0.330 e. The zero-order chi connectivity index (χ0) is 17.8. The summed E-state index contributed by atoms with van der Waals surface area (Å²) in [6.07, 6.45) is 2.69. The number of carbonyl (C=O) groups is 1. The summed E-state index contributed by atoms with van der Waals surface area (Å²) in [5, 5.41) is 9.88. The number of phenols is 1. The van der Waals surface area contributed by atoms with Gasteiger partial charge in [0.1, 0.15) is 11.6 Å². The van der Waals surface area contributed by atoms with E-state index in [2.05, 4.69) is 0 Å². The maximum absolute atomic E-state index is 14.1. The lowest BCUT2D eigenvalue weighted by molar-refractivity contribution is 0.103. The van der Waals surface area contributed by atoms with Gasteiger partial charge in [-0.1, -0.05) is 6.92 Å². The third-order valence-electron chi connectivity index (χ3n) is 4.34. The van der Waals surface area contributed by atoms with Crippen molar-refractivity contribution in [1.82, 2.24) is 9.13 Å². The Morgan fingerprint density at radius 1 is 1.21 bits per heavy atom. The number of rotatable bonds is 1. The predicted octanol–water partition coefficient (Wildman–Crippen LogP) is 1.31. The van der Waals surface area contributed by atoms with E-state index in [1.165, 1.54) is 30.9 Å². The van der Waals surface area contributed by atoms with Gasteiger partial charge in [0.15, 0.2) is 5.78 Å². The fourth-order valence-electron chi connectivity index (χ4n) is 3.03. The first-order valence-electron chi connectivity index (χ1n) is 7.28. The molecule has 1 atom stereocenters. The van der Waals surface area contributed by atoms with Gasteiger partial charge in [-0.05, 0) is 18.2 Å². The molecule has 1 unspecified atom stereocenters. The number of benzene rings is 1. The van der Waals surface area contributed by atoms with Gasteiger partial charge in [-0.3, -0.25) is 14.2 Å². The largest absolute Gasteiger partial charge is 0.507 e. The lowest BCUT2D eigenvalue weighted by atomic mass is 9.98. The number of aromatic nitrogens is 2. The molecule has 3 rings (SSSR count). The second kappa shape index (κ2) is 5.30. The van der Waals surface area contributed by atoms with E-state index >= 15 is 0 Å². The Labute approximate surface area is 136 Å². The molecule has 0 amide bonds. The fourth-order valence-corrected chi connectivity index (χ4v) is 3.03. The van der Waals surface area contributed by atoms with Crippen molar-refractivity contribution >= 4 is 11.9 Å². The van der Waals surface area contributed by atoms with Crippen molar-refractivity contribution in [2.24, 2.45) is 14.1 Å². The summed E-state index contributed by atoms with van der Waals surface area (Å²) in [6.45, 7) is 1.63. The van der Waals surface area contributed by atoms with Crippen LogP contribution in [-0.4, -0.2) is 20.0 Å². The Balaban J connectivity index is 2.23. The Morgan fingerprint density at radius 2 is 1.88 bits per heavy atom. The first-order valence-corrected chi connectivity index (χ1v) is 7.28. The van der Waals surface area contributed by atoms with Gasteiger partial charge in [-0.15, -0.1) is 0 Å². The number of hydrogen-bond donors (Lipinski definition) is 1. The normalized spacial score (nSPS) is 18.2. The molecule has 1 aromatic carbocycles. The number of halogens is 1. The van der Waals surface area contributed by atoms with Gasteiger partial charge in [0.2, 0.25) is 0 Å². The van der Waals surface area contributed by atoms with Crippen LogP contribution in [0.1, 0.15) is 34.3 Å². The molecule has 1 aliphatic rings. The summed E-state index contributed by atoms with van der Waals surface area (Å²) >= 11 is 0. The molecule has 2 aromatic rings. The molecular weight excluding hydrogens is 315 g/mol. The van der Waals surface area contributed by atoms with E-state index in [-0.39, 0.29) is 28.0 Å². The third kappa shape index (κ3) is 2.12. The van der Waals surface area contributed by atoms with Crippen LogP contribution in [0.25, 0.3) is 6.08 Å². The van der Waals surface area contributed by atoms with Crippen LogP contribution in [0.2, 0.25) is 0 Å². The molecule has 0 spiro atoms. The Morgan fingerprint density at radius 3 is 2.50 bits per heavy atom. The molecule has 124 valence electrons. The van der Waals surface area contributed by atoms with Crippen LogP contribution >= 0.6 is 0 Å². The second-order valence-corrected chi connectivity index (χ2v) is 5.85. The summed E-state index contributed by atoms with van der Waals surface area (Å²) in [5.41, 5.74) is -0.655. The lowest BCUT2D eigenvalue weighted by Gasteiger charge is -2.08. The number of ketones is 1. The van der Waals surface area contributed by atoms with Crippen molar-refractivity contribution in [3.05, 3.63) is 67.2 Å². The Kier molecular flexibility index (Phi) is 3.51. The molecule has 0 radical (unpaired) electrons. The molecule has 0 fully saturated rings. The number of nitrogens with zero attached hydrogens (tertiary/aromatic N) is 2. The van der Waals surface area contributed by atoms with Gasteiger partial charge in [0, 0.05) is 37.3 Å². The molecule has 0 bridgehead atoms. The van der Waals surface area contributed by atoms with E-state index in [0.717, 1.165) is 16.7 Å². The predicted molar refractivity (Wildman–Crippen MR) is 85.7 cm³/mol. The van der Waals surface area contributed by atoms with E-state index in [4.69, 9.17) is 0 Å². The van der Waals surface area contributed by atoms with Gasteiger partial charge in [0.05, 0.1) is 11.1 Å². The number of carbonyl (C=O) groups excluding carboxylic acids is 1. The van der Waals surface area contributed by atoms with Gasteiger partial charge < -0.3 is 9.67 Å². The molecule has 1 aromatic heterocycles. The summed E-state index contributed by atoms with van der Waals surface area (Å²) in [5.74, 6) is -2.01. The maximum Gasteiger partial charge on any atom is 0.330 e. The van der Waals surface area contributed by atoms with Crippen LogP contribution in [0.4, 0.5) is 4.39 Å². The third-order valence-corrected chi connectivity index (χ3v) is 4.34. The molecule has 24 heavy (non-hydrogen) atoms. The zero-order valence-electron chi connectivity index (χ0n) is 13.3. The van der Waals surface area contributed by atoms with Crippen molar-refractivity contribution in [2.75, 3.05) is 0 Å². The van der Waals surface area contributed by atoms with Gasteiger partial charge in [0.25, 0.3) is 5.56 Å². The Hall–Kier alpha value is -2.96. The van der Waals surface area contributed by atoms with Crippen LogP contribution in [0.5, 0.6) is 5.75 Å². The van der Waals surface area contributed by atoms with E-state index in [1.807, 2.05) is 0 Å². The highest BCUT2D eigenvalue weighted by molar-refractivity contribution is 6.18. The minimum atomic E-state index is -0.610. The summed E-state index contributed by atoms with van der Waals surface area (Å²) in [7, 11) is 2.83. The molecule has 0 saturated carbocycles. The number of aryl methyl sites for hydroxylation is 1. The maximum atomic E-state index is 14.1. The number of aromatic hydroxyl groups is 1. The molecule has 6 nitrogen and oxygen atoms in total. The van der Waals surface area contributed by atoms with E-state index in [0.29, 0.717) is 0 Å². The summed E-state index contributed by atoms with van der Waals surface area (Å²) in [4.78, 5) is 36.5. The topological polar surface area (TPSA) is 81.3 Å². The van der Waals surface area contributed by atoms with Gasteiger partial charge in [-0.2, -0.15) is 0 Å². The average Bonchev–Trinajstić information content (AvgIpc) is 2.79. The van der Waals surface area contributed by atoms with E-state index < -0.39 is 28.8 Å². The highest BCUT2D eigenvalue weighted by atomic mass is 19.1. The quantitative estimate of drug-likeness (QED) is 0.800. The lowest BCUT2D eigenvalue weighted by Crippen LogP contribution is -2.37. The van der Waals surface area contributed by atoms with E-state index in [9.17, 15) is 23.9 Å².